The van der Waals surface area contributed by atoms with Crippen molar-refractivity contribution < 1.29 is 0 Å². The van der Waals surface area contributed by atoms with Crippen LogP contribution in [0.2, 0.25) is 0 Å². The van der Waals surface area contributed by atoms with Gasteiger partial charge >= 0.3 is 0 Å². The minimum atomic E-state index is 0.443. The Morgan fingerprint density at radius 2 is 2.10 bits per heavy atom. The molecule has 0 aliphatic carbocycles. The number of hydrogen-bond donors (Lipinski definition) is 2. The van der Waals surface area contributed by atoms with Crippen molar-refractivity contribution >= 4 is 17.3 Å². The summed E-state index contributed by atoms with van der Waals surface area (Å²) in [5, 5.41) is 7.87. The van der Waals surface area contributed by atoms with Crippen LogP contribution in [-0.2, 0) is 6.54 Å². The standard InChI is InChI=1S/C15H28N4S/c1-6-16-15(19-12(4)8-7-11(2)3)18-10-14-9-17-13(5)20-14/h9,11-12H,6-8,10H2,1-5H3,(H2,16,18,19). The molecule has 0 radical (unpaired) electrons. The highest BCUT2D eigenvalue weighted by molar-refractivity contribution is 7.11. The number of nitrogens with one attached hydrogen (secondary N) is 2. The van der Waals surface area contributed by atoms with E-state index in [1.54, 1.807) is 11.3 Å². The number of rotatable bonds is 7. The molecule has 0 saturated heterocycles. The van der Waals surface area contributed by atoms with E-state index < -0.39 is 0 Å². The molecule has 1 rings (SSSR count). The first-order valence-corrected chi connectivity index (χ1v) is 8.29. The monoisotopic (exact) mass is 296 g/mol. The number of nitrogens with zero attached hydrogens (tertiary/aromatic N) is 2. The van der Waals surface area contributed by atoms with Crippen molar-refractivity contribution in [2.24, 2.45) is 10.9 Å². The molecule has 0 aliphatic heterocycles. The molecule has 0 fully saturated rings. The van der Waals surface area contributed by atoms with Crippen molar-refractivity contribution in [3.8, 4) is 0 Å². The Balaban J connectivity index is 2.49. The predicted octanol–water partition coefficient (Wildman–Crippen LogP) is 3.33. The number of hydrogen-bond acceptors (Lipinski definition) is 3. The van der Waals surface area contributed by atoms with Gasteiger partial charge in [0.05, 0.1) is 11.6 Å². The number of guanidine groups is 1. The van der Waals surface area contributed by atoms with Gasteiger partial charge in [-0.25, -0.2) is 9.98 Å². The van der Waals surface area contributed by atoms with Crippen LogP contribution in [-0.4, -0.2) is 23.5 Å². The van der Waals surface area contributed by atoms with Gasteiger partial charge in [0.25, 0.3) is 0 Å². The van der Waals surface area contributed by atoms with Crippen LogP contribution in [0.3, 0.4) is 0 Å². The van der Waals surface area contributed by atoms with E-state index in [2.05, 4.69) is 48.3 Å². The summed E-state index contributed by atoms with van der Waals surface area (Å²) in [5.41, 5.74) is 0. The Bertz CT molecular complexity index is 412. The van der Waals surface area contributed by atoms with E-state index in [0.29, 0.717) is 12.6 Å². The Morgan fingerprint density at radius 3 is 2.65 bits per heavy atom. The third-order valence-electron chi connectivity index (χ3n) is 2.97. The lowest BCUT2D eigenvalue weighted by Gasteiger charge is -2.18. The molecule has 0 bridgehead atoms. The van der Waals surface area contributed by atoms with Gasteiger partial charge in [-0.15, -0.1) is 11.3 Å². The number of thiazole rings is 1. The average molecular weight is 296 g/mol. The molecule has 0 aromatic carbocycles. The molecule has 0 saturated carbocycles. The fraction of sp³-hybridized carbons (Fsp3) is 0.733. The topological polar surface area (TPSA) is 49.3 Å². The molecule has 4 nitrogen and oxygen atoms in total. The number of aliphatic imine (C=N–C) groups is 1. The maximum atomic E-state index is 4.63. The van der Waals surface area contributed by atoms with Crippen LogP contribution in [0.15, 0.2) is 11.2 Å². The van der Waals surface area contributed by atoms with E-state index in [-0.39, 0.29) is 0 Å². The van der Waals surface area contributed by atoms with Gasteiger partial charge in [-0.2, -0.15) is 0 Å². The zero-order valence-electron chi connectivity index (χ0n) is 13.4. The van der Waals surface area contributed by atoms with Crippen LogP contribution in [0.4, 0.5) is 0 Å². The third kappa shape index (κ3) is 6.89. The normalized spacial score (nSPS) is 13.6. The van der Waals surface area contributed by atoms with Crippen LogP contribution >= 0.6 is 11.3 Å². The van der Waals surface area contributed by atoms with Gasteiger partial charge in [-0.3, -0.25) is 0 Å². The second-order valence-electron chi connectivity index (χ2n) is 5.56. The lowest BCUT2D eigenvalue weighted by atomic mass is 10.0. The minimum Gasteiger partial charge on any atom is -0.357 e. The third-order valence-corrected chi connectivity index (χ3v) is 3.86. The molecule has 5 heteroatoms. The molecule has 1 heterocycles. The zero-order chi connectivity index (χ0) is 15.0. The molecule has 0 amide bonds. The van der Waals surface area contributed by atoms with Gasteiger partial charge < -0.3 is 10.6 Å². The Hall–Kier alpha value is -1.10. The summed E-state index contributed by atoms with van der Waals surface area (Å²) in [6.45, 7) is 12.4. The smallest absolute Gasteiger partial charge is 0.191 e. The van der Waals surface area contributed by atoms with Crippen LogP contribution < -0.4 is 10.6 Å². The van der Waals surface area contributed by atoms with Gasteiger partial charge in [0.2, 0.25) is 0 Å². The second-order valence-corrected chi connectivity index (χ2v) is 6.88. The number of aromatic nitrogens is 1. The fourth-order valence-electron chi connectivity index (χ4n) is 1.84. The first-order chi connectivity index (χ1) is 9.51. The highest BCUT2D eigenvalue weighted by Gasteiger charge is 2.06. The van der Waals surface area contributed by atoms with Crippen LogP contribution in [0.25, 0.3) is 0 Å². The van der Waals surface area contributed by atoms with E-state index in [1.165, 1.54) is 17.7 Å². The van der Waals surface area contributed by atoms with Crippen molar-refractivity contribution in [1.29, 1.82) is 0 Å². The van der Waals surface area contributed by atoms with Gasteiger partial charge in [-0.05, 0) is 39.5 Å². The summed E-state index contributed by atoms with van der Waals surface area (Å²) in [7, 11) is 0. The lowest BCUT2D eigenvalue weighted by Crippen LogP contribution is -2.42. The average Bonchev–Trinajstić information content (AvgIpc) is 2.80. The van der Waals surface area contributed by atoms with Gasteiger partial charge in [-0.1, -0.05) is 13.8 Å². The molecular weight excluding hydrogens is 268 g/mol. The van der Waals surface area contributed by atoms with Crippen molar-refractivity contribution in [2.45, 2.75) is 60.0 Å². The predicted molar refractivity (Wildman–Crippen MR) is 88.3 cm³/mol. The molecule has 1 aromatic heterocycles. The minimum absolute atomic E-state index is 0.443. The summed E-state index contributed by atoms with van der Waals surface area (Å²) < 4.78 is 0. The molecule has 1 unspecified atom stereocenters. The number of aryl methyl sites for hydroxylation is 1. The van der Waals surface area contributed by atoms with E-state index in [4.69, 9.17) is 0 Å². The molecular formula is C15H28N4S. The van der Waals surface area contributed by atoms with Gasteiger partial charge in [0.15, 0.2) is 5.96 Å². The summed E-state index contributed by atoms with van der Waals surface area (Å²) in [4.78, 5) is 10.1. The highest BCUT2D eigenvalue weighted by atomic mass is 32.1. The first kappa shape index (κ1) is 17.0. The summed E-state index contributed by atoms with van der Waals surface area (Å²) >= 11 is 1.71. The van der Waals surface area contributed by atoms with Gasteiger partial charge in [0, 0.05) is 23.7 Å². The zero-order valence-corrected chi connectivity index (χ0v) is 14.2. The maximum absolute atomic E-state index is 4.63. The van der Waals surface area contributed by atoms with E-state index in [9.17, 15) is 0 Å². The van der Waals surface area contributed by atoms with Crippen molar-refractivity contribution in [2.75, 3.05) is 6.54 Å². The fourth-order valence-corrected chi connectivity index (χ4v) is 2.56. The SMILES string of the molecule is CCNC(=NCc1cnc(C)s1)NC(C)CCC(C)C. The van der Waals surface area contributed by atoms with Crippen LogP contribution in [0.5, 0.6) is 0 Å². The Kier molecular flexibility index (Phi) is 7.59. The largest absolute Gasteiger partial charge is 0.357 e. The molecule has 20 heavy (non-hydrogen) atoms. The quantitative estimate of drug-likeness (QED) is 0.599. The van der Waals surface area contributed by atoms with Crippen LogP contribution in [0.1, 0.15) is 50.4 Å². The lowest BCUT2D eigenvalue weighted by molar-refractivity contribution is 0.489. The maximum Gasteiger partial charge on any atom is 0.191 e. The Morgan fingerprint density at radius 1 is 1.35 bits per heavy atom. The summed E-state index contributed by atoms with van der Waals surface area (Å²) in [6.07, 6.45) is 4.32. The van der Waals surface area contributed by atoms with Crippen molar-refractivity contribution in [3.63, 3.8) is 0 Å². The molecule has 0 aliphatic rings. The van der Waals surface area contributed by atoms with Gasteiger partial charge in [0.1, 0.15) is 0 Å². The second kappa shape index (κ2) is 8.95. The van der Waals surface area contributed by atoms with E-state index in [0.717, 1.165) is 23.4 Å². The van der Waals surface area contributed by atoms with Crippen molar-refractivity contribution in [1.82, 2.24) is 15.6 Å². The van der Waals surface area contributed by atoms with E-state index in [1.807, 2.05) is 13.1 Å². The van der Waals surface area contributed by atoms with Crippen LogP contribution in [0, 0.1) is 12.8 Å². The first-order valence-electron chi connectivity index (χ1n) is 7.47. The summed E-state index contributed by atoms with van der Waals surface area (Å²) in [5.74, 6) is 1.65. The summed E-state index contributed by atoms with van der Waals surface area (Å²) in [6, 6.07) is 0.443. The molecule has 1 atom stereocenters. The molecule has 0 spiro atoms. The molecule has 1 aromatic rings. The van der Waals surface area contributed by atoms with Crippen molar-refractivity contribution in [3.05, 3.63) is 16.1 Å². The Labute approximate surface area is 127 Å². The highest BCUT2D eigenvalue weighted by Crippen LogP contribution is 2.12. The molecule has 2 N–H and O–H groups in total. The molecule has 114 valence electrons. The van der Waals surface area contributed by atoms with E-state index >= 15 is 0 Å².